The lowest BCUT2D eigenvalue weighted by Gasteiger charge is -2.40. The Morgan fingerprint density at radius 2 is 2.33 bits per heavy atom. The lowest BCUT2D eigenvalue weighted by molar-refractivity contribution is -0.0679. The van der Waals surface area contributed by atoms with Gasteiger partial charge in [0.1, 0.15) is 5.69 Å². The Morgan fingerprint density at radius 1 is 1.56 bits per heavy atom. The summed E-state index contributed by atoms with van der Waals surface area (Å²) in [6, 6.07) is 3.51. The first-order valence-electron chi connectivity index (χ1n) is 6.17. The molecule has 0 saturated heterocycles. The molecule has 0 spiro atoms. The third-order valence-electron chi connectivity index (χ3n) is 3.56. The van der Waals surface area contributed by atoms with E-state index >= 15 is 0 Å². The molecule has 1 aromatic heterocycles. The van der Waals surface area contributed by atoms with E-state index in [-0.39, 0.29) is 11.5 Å². The SMILES string of the molecule is COC1(CNC(=O)c2ccc(CN)cn2)CCC1. The summed E-state index contributed by atoms with van der Waals surface area (Å²) in [5.74, 6) is -0.165. The van der Waals surface area contributed by atoms with E-state index in [4.69, 9.17) is 10.5 Å². The minimum absolute atomic E-state index is 0.160. The molecule has 0 radical (unpaired) electrons. The molecule has 98 valence electrons. The van der Waals surface area contributed by atoms with Gasteiger partial charge in [0.05, 0.1) is 5.60 Å². The zero-order valence-electron chi connectivity index (χ0n) is 10.6. The van der Waals surface area contributed by atoms with Crippen molar-refractivity contribution in [1.82, 2.24) is 10.3 Å². The highest BCUT2D eigenvalue weighted by molar-refractivity contribution is 5.92. The van der Waals surface area contributed by atoms with E-state index in [1.807, 2.05) is 6.07 Å². The number of ether oxygens (including phenoxy) is 1. The zero-order valence-corrected chi connectivity index (χ0v) is 10.6. The number of hydrogen-bond donors (Lipinski definition) is 2. The van der Waals surface area contributed by atoms with Gasteiger partial charge in [0.15, 0.2) is 0 Å². The molecule has 0 aliphatic heterocycles. The van der Waals surface area contributed by atoms with E-state index in [0.717, 1.165) is 24.8 Å². The van der Waals surface area contributed by atoms with E-state index in [0.29, 0.717) is 18.8 Å². The Bertz CT molecular complexity index is 407. The maximum absolute atomic E-state index is 11.9. The van der Waals surface area contributed by atoms with Crippen molar-refractivity contribution in [3.8, 4) is 0 Å². The molecule has 18 heavy (non-hydrogen) atoms. The minimum Gasteiger partial charge on any atom is -0.376 e. The lowest BCUT2D eigenvalue weighted by atomic mass is 9.80. The Balaban J connectivity index is 1.90. The van der Waals surface area contributed by atoms with E-state index in [1.165, 1.54) is 0 Å². The van der Waals surface area contributed by atoms with Gasteiger partial charge in [-0.2, -0.15) is 0 Å². The first-order valence-corrected chi connectivity index (χ1v) is 6.17. The van der Waals surface area contributed by atoms with Gasteiger partial charge < -0.3 is 15.8 Å². The normalized spacial score (nSPS) is 17.0. The molecular weight excluding hydrogens is 230 g/mol. The second-order valence-corrected chi connectivity index (χ2v) is 4.68. The van der Waals surface area contributed by atoms with Crippen molar-refractivity contribution in [3.63, 3.8) is 0 Å². The molecule has 1 aliphatic rings. The van der Waals surface area contributed by atoms with Crippen LogP contribution in [0.4, 0.5) is 0 Å². The Kier molecular flexibility index (Phi) is 3.93. The highest BCUT2D eigenvalue weighted by Crippen LogP contribution is 2.34. The first kappa shape index (κ1) is 13.0. The number of aromatic nitrogens is 1. The van der Waals surface area contributed by atoms with Gasteiger partial charge in [-0.1, -0.05) is 6.07 Å². The predicted octanol–water partition coefficient (Wildman–Crippen LogP) is 0.839. The van der Waals surface area contributed by atoms with E-state index < -0.39 is 0 Å². The van der Waals surface area contributed by atoms with Crippen LogP contribution in [0.2, 0.25) is 0 Å². The van der Waals surface area contributed by atoms with Gasteiger partial charge in [0.2, 0.25) is 0 Å². The minimum atomic E-state index is -0.165. The number of hydrogen-bond acceptors (Lipinski definition) is 4. The summed E-state index contributed by atoms with van der Waals surface area (Å²) in [4.78, 5) is 16.0. The number of pyridine rings is 1. The Labute approximate surface area is 107 Å². The van der Waals surface area contributed by atoms with Gasteiger partial charge in [-0.3, -0.25) is 9.78 Å². The first-order chi connectivity index (χ1) is 8.69. The second kappa shape index (κ2) is 5.46. The highest BCUT2D eigenvalue weighted by Gasteiger charge is 2.37. The molecule has 0 unspecified atom stereocenters. The fraction of sp³-hybridized carbons (Fsp3) is 0.538. The Hall–Kier alpha value is -1.46. The molecule has 5 nitrogen and oxygen atoms in total. The lowest BCUT2D eigenvalue weighted by Crippen LogP contribution is -2.49. The Morgan fingerprint density at radius 3 is 2.78 bits per heavy atom. The average Bonchev–Trinajstić information content (AvgIpc) is 2.38. The molecule has 1 aromatic rings. The smallest absolute Gasteiger partial charge is 0.269 e. The second-order valence-electron chi connectivity index (χ2n) is 4.68. The summed E-state index contributed by atoms with van der Waals surface area (Å²) in [7, 11) is 1.69. The highest BCUT2D eigenvalue weighted by atomic mass is 16.5. The summed E-state index contributed by atoms with van der Waals surface area (Å²) in [6.07, 6.45) is 4.80. The van der Waals surface area contributed by atoms with Gasteiger partial charge in [0, 0.05) is 26.4 Å². The zero-order chi connectivity index (χ0) is 13.0. The predicted molar refractivity (Wildman–Crippen MR) is 68.1 cm³/mol. The van der Waals surface area contributed by atoms with Crippen molar-refractivity contribution in [2.24, 2.45) is 5.73 Å². The van der Waals surface area contributed by atoms with Crippen LogP contribution in [0.25, 0.3) is 0 Å². The van der Waals surface area contributed by atoms with Crippen LogP contribution in [0.5, 0.6) is 0 Å². The monoisotopic (exact) mass is 249 g/mol. The summed E-state index contributed by atoms with van der Waals surface area (Å²) in [6.45, 7) is 0.977. The van der Waals surface area contributed by atoms with Crippen molar-refractivity contribution < 1.29 is 9.53 Å². The van der Waals surface area contributed by atoms with E-state index in [1.54, 1.807) is 19.4 Å². The molecule has 1 saturated carbocycles. The van der Waals surface area contributed by atoms with E-state index in [2.05, 4.69) is 10.3 Å². The number of nitrogens with two attached hydrogens (primary N) is 1. The molecule has 0 atom stereocenters. The number of carbonyl (C=O) groups excluding carboxylic acids is 1. The van der Waals surface area contributed by atoms with Crippen molar-refractivity contribution >= 4 is 5.91 Å². The number of amides is 1. The maximum Gasteiger partial charge on any atom is 0.269 e. The summed E-state index contributed by atoms with van der Waals surface area (Å²) < 4.78 is 5.44. The molecule has 1 aliphatic carbocycles. The fourth-order valence-corrected chi connectivity index (χ4v) is 2.04. The van der Waals surface area contributed by atoms with Crippen LogP contribution in [0.1, 0.15) is 35.3 Å². The third-order valence-corrected chi connectivity index (χ3v) is 3.56. The van der Waals surface area contributed by atoms with Crippen LogP contribution in [-0.4, -0.2) is 30.1 Å². The summed E-state index contributed by atoms with van der Waals surface area (Å²) >= 11 is 0. The van der Waals surface area contributed by atoms with Crippen LogP contribution in [0, 0.1) is 0 Å². The quantitative estimate of drug-likeness (QED) is 0.810. The van der Waals surface area contributed by atoms with Gasteiger partial charge in [-0.25, -0.2) is 0 Å². The maximum atomic E-state index is 11.9. The molecule has 2 rings (SSSR count). The number of nitrogens with zero attached hydrogens (tertiary/aromatic N) is 1. The molecule has 5 heteroatoms. The molecule has 3 N–H and O–H groups in total. The van der Waals surface area contributed by atoms with Crippen LogP contribution >= 0.6 is 0 Å². The van der Waals surface area contributed by atoms with Crippen molar-refractivity contribution in [3.05, 3.63) is 29.6 Å². The van der Waals surface area contributed by atoms with E-state index in [9.17, 15) is 4.79 Å². The number of carbonyl (C=O) groups is 1. The molecule has 1 heterocycles. The topological polar surface area (TPSA) is 77.2 Å². The molecule has 0 bridgehead atoms. The van der Waals surface area contributed by atoms with Crippen molar-refractivity contribution in [2.45, 2.75) is 31.4 Å². The molecule has 1 amide bonds. The molecule has 1 fully saturated rings. The number of nitrogens with one attached hydrogen (secondary N) is 1. The van der Waals surface area contributed by atoms with Gasteiger partial charge >= 0.3 is 0 Å². The van der Waals surface area contributed by atoms with Crippen LogP contribution in [-0.2, 0) is 11.3 Å². The van der Waals surface area contributed by atoms with Gasteiger partial charge in [-0.05, 0) is 30.9 Å². The van der Waals surface area contributed by atoms with Crippen LogP contribution in [0.3, 0.4) is 0 Å². The summed E-state index contributed by atoms with van der Waals surface area (Å²) in [5.41, 5.74) is 6.65. The largest absolute Gasteiger partial charge is 0.376 e. The third kappa shape index (κ3) is 2.68. The van der Waals surface area contributed by atoms with Gasteiger partial charge in [0.25, 0.3) is 5.91 Å². The summed E-state index contributed by atoms with van der Waals surface area (Å²) in [5, 5.41) is 2.87. The molecular formula is C13H19N3O2. The van der Waals surface area contributed by atoms with Crippen molar-refractivity contribution in [2.75, 3.05) is 13.7 Å². The van der Waals surface area contributed by atoms with Crippen LogP contribution in [0.15, 0.2) is 18.3 Å². The number of methoxy groups -OCH3 is 1. The van der Waals surface area contributed by atoms with Crippen molar-refractivity contribution in [1.29, 1.82) is 0 Å². The number of rotatable bonds is 5. The van der Waals surface area contributed by atoms with Crippen LogP contribution < -0.4 is 11.1 Å². The standard InChI is InChI=1S/C13H19N3O2/c1-18-13(5-2-6-13)9-16-12(17)11-4-3-10(7-14)8-15-11/h3-4,8H,2,5-7,9,14H2,1H3,(H,16,17). The average molecular weight is 249 g/mol. The molecule has 0 aromatic carbocycles. The van der Waals surface area contributed by atoms with Gasteiger partial charge in [-0.15, -0.1) is 0 Å². The fourth-order valence-electron chi connectivity index (χ4n) is 2.04.